The third kappa shape index (κ3) is 8.21. The molecule has 2 aromatic rings. The summed E-state index contributed by atoms with van der Waals surface area (Å²) >= 11 is 3.34. The van der Waals surface area contributed by atoms with Crippen LogP contribution in [0.1, 0.15) is 38.7 Å². The van der Waals surface area contributed by atoms with Crippen LogP contribution in [0.3, 0.4) is 0 Å². The highest BCUT2D eigenvalue weighted by Crippen LogP contribution is 2.43. The van der Waals surface area contributed by atoms with E-state index in [0.717, 1.165) is 58.0 Å². The molecule has 12 heteroatoms. The first kappa shape index (κ1) is 29.8. The Morgan fingerprint density at radius 2 is 2.12 bits per heavy atom. The second-order valence-corrected chi connectivity index (χ2v) is 13.9. The number of carbonyl (C=O) groups is 1. The van der Waals surface area contributed by atoms with E-state index in [1.165, 1.54) is 22.2 Å². The monoisotopic (exact) mass is 596 g/mol. The van der Waals surface area contributed by atoms with Crippen molar-refractivity contribution in [1.82, 2.24) is 25.8 Å². The van der Waals surface area contributed by atoms with Gasteiger partial charge in [0.15, 0.2) is 11.0 Å². The Bertz CT molecular complexity index is 1210. The zero-order valence-electron chi connectivity index (χ0n) is 23.9. The van der Waals surface area contributed by atoms with Crippen molar-refractivity contribution < 1.29 is 9.53 Å². The Kier molecular flexibility index (Phi) is 10.2. The number of amides is 1. The summed E-state index contributed by atoms with van der Waals surface area (Å²) in [4.78, 5) is 23.5. The van der Waals surface area contributed by atoms with Gasteiger partial charge in [-0.15, -0.1) is 16.9 Å². The number of hydrazone groups is 1. The number of rotatable bonds is 11. The Hall–Kier alpha value is -2.67. The van der Waals surface area contributed by atoms with Gasteiger partial charge in [0.1, 0.15) is 0 Å². The fourth-order valence-electron chi connectivity index (χ4n) is 5.82. The number of aromatic nitrogens is 2. The molecule has 0 aliphatic carbocycles. The predicted molar refractivity (Wildman–Crippen MR) is 167 cm³/mol. The fourth-order valence-corrected chi connectivity index (χ4v) is 7.49. The van der Waals surface area contributed by atoms with Gasteiger partial charge in [0.05, 0.1) is 31.1 Å². The molecule has 10 nitrogen and oxygen atoms in total. The minimum Gasteiger partial charge on any atom is -0.377 e. The average Bonchev–Trinajstić information content (AvgIpc) is 3.57. The van der Waals surface area contributed by atoms with Gasteiger partial charge in [0.25, 0.3) is 0 Å². The summed E-state index contributed by atoms with van der Waals surface area (Å²) in [5, 5.41) is 16.2. The van der Waals surface area contributed by atoms with Crippen molar-refractivity contribution in [2.45, 2.75) is 61.9 Å². The highest BCUT2D eigenvalue weighted by atomic mass is 32.2. The molecule has 2 atom stereocenters. The molecule has 0 bridgehead atoms. The number of amidine groups is 1. The second kappa shape index (κ2) is 14.0. The third-order valence-electron chi connectivity index (χ3n) is 7.54. The number of ether oxygens (including phenoxy) is 1. The summed E-state index contributed by atoms with van der Waals surface area (Å²) in [5.74, 6) is 1.26. The van der Waals surface area contributed by atoms with E-state index in [1.807, 2.05) is 23.9 Å². The Morgan fingerprint density at radius 3 is 2.90 bits per heavy atom. The molecule has 5 rings (SSSR count). The smallest absolute Gasteiger partial charge is 0.223 e. The first-order chi connectivity index (χ1) is 19.9. The topological polar surface area (TPSA) is 107 Å². The van der Waals surface area contributed by atoms with E-state index >= 15 is 0 Å². The molecule has 41 heavy (non-hydrogen) atoms. The Balaban J connectivity index is 1.02. The van der Waals surface area contributed by atoms with E-state index in [0.29, 0.717) is 22.7 Å². The molecule has 3 fully saturated rings. The SMILES string of the molecule is C=NNC(=NC1CCN(c2cccnn2)C1)SCNC(=O)CC1CC2(CO1)CN(Cc1ccccc1SC(C)C)C2. The predicted octanol–water partition coefficient (Wildman–Crippen LogP) is 3.61. The van der Waals surface area contributed by atoms with Crippen LogP contribution >= 0.6 is 23.5 Å². The number of hydrogen-bond donors (Lipinski definition) is 2. The number of nitrogens with zero attached hydrogens (tertiary/aromatic N) is 6. The van der Waals surface area contributed by atoms with Crippen LogP contribution in [-0.4, -0.2) is 88.9 Å². The molecule has 0 saturated carbocycles. The van der Waals surface area contributed by atoms with Crippen molar-refractivity contribution in [1.29, 1.82) is 0 Å². The van der Waals surface area contributed by atoms with Crippen molar-refractivity contribution in [2.24, 2.45) is 15.5 Å². The van der Waals surface area contributed by atoms with Crippen LogP contribution in [0.2, 0.25) is 0 Å². The van der Waals surface area contributed by atoms with Gasteiger partial charge in [-0.05, 0) is 36.6 Å². The van der Waals surface area contributed by atoms with Crippen molar-refractivity contribution in [3.8, 4) is 0 Å². The highest BCUT2D eigenvalue weighted by molar-refractivity contribution is 8.13. The molecular formula is C29H40N8O2S2. The minimum absolute atomic E-state index is 0.00373. The van der Waals surface area contributed by atoms with Crippen LogP contribution in [0, 0.1) is 5.41 Å². The maximum atomic E-state index is 12.7. The van der Waals surface area contributed by atoms with Gasteiger partial charge in [0.2, 0.25) is 5.91 Å². The van der Waals surface area contributed by atoms with Crippen molar-refractivity contribution >= 4 is 47.1 Å². The van der Waals surface area contributed by atoms with E-state index in [2.05, 4.69) is 80.7 Å². The lowest BCUT2D eigenvalue weighted by Crippen LogP contribution is -2.56. The summed E-state index contributed by atoms with van der Waals surface area (Å²) < 4.78 is 6.09. The van der Waals surface area contributed by atoms with Gasteiger partial charge in [-0.2, -0.15) is 10.2 Å². The van der Waals surface area contributed by atoms with Gasteiger partial charge in [-0.25, -0.2) is 0 Å². The van der Waals surface area contributed by atoms with Gasteiger partial charge >= 0.3 is 0 Å². The molecule has 3 saturated heterocycles. The molecule has 1 amide bonds. The van der Waals surface area contributed by atoms with Gasteiger partial charge in [-0.1, -0.05) is 43.8 Å². The highest BCUT2D eigenvalue weighted by Gasteiger charge is 2.49. The zero-order chi connectivity index (χ0) is 28.7. The molecule has 4 heterocycles. The van der Waals surface area contributed by atoms with Crippen molar-refractivity contribution in [3.63, 3.8) is 0 Å². The Morgan fingerprint density at radius 1 is 1.27 bits per heavy atom. The number of carbonyl (C=O) groups excluding carboxylic acids is 1. The quantitative estimate of drug-likeness (QED) is 0.132. The largest absolute Gasteiger partial charge is 0.377 e. The molecule has 1 aromatic heterocycles. The van der Waals surface area contributed by atoms with E-state index in [4.69, 9.17) is 9.73 Å². The van der Waals surface area contributed by atoms with Gasteiger partial charge < -0.3 is 15.0 Å². The standard InChI is InChI=1S/C29H40N8O2S2/c1-21(2)41-25-8-5-4-7-22(25)15-36-17-29(18-36)14-24(39-19-29)13-27(38)31-20-40-28(35-30-3)33-23-10-12-37(16-23)26-9-6-11-32-34-26/h4-9,11,21,23-24H,3,10,12-20H2,1-2H3,(H,31,38)(H,33,35). The van der Waals surface area contributed by atoms with Crippen LogP contribution in [0.5, 0.6) is 0 Å². The lowest BCUT2D eigenvalue weighted by molar-refractivity contribution is -0.122. The number of benzene rings is 1. The Labute approximate surface area is 251 Å². The molecule has 0 radical (unpaired) electrons. The molecular weight excluding hydrogens is 557 g/mol. The van der Waals surface area contributed by atoms with Gasteiger partial charge in [0, 0.05) is 61.2 Å². The summed E-state index contributed by atoms with van der Waals surface area (Å²) in [6.45, 7) is 13.4. The maximum absolute atomic E-state index is 12.7. The molecule has 1 spiro atoms. The lowest BCUT2D eigenvalue weighted by Gasteiger charge is -2.47. The summed E-state index contributed by atoms with van der Waals surface area (Å²) in [6, 6.07) is 12.7. The minimum atomic E-state index is -0.0300. The van der Waals surface area contributed by atoms with Crippen molar-refractivity contribution in [2.75, 3.05) is 43.6 Å². The lowest BCUT2D eigenvalue weighted by atomic mass is 9.77. The molecule has 1 aromatic carbocycles. The average molecular weight is 597 g/mol. The summed E-state index contributed by atoms with van der Waals surface area (Å²) in [6.07, 6.45) is 3.87. The molecule has 2 unspecified atom stereocenters. The molecule has 3 aliphatic rings. The number of likely N-dealkylation sites (tertiary alicyclic amines) is 1. The number of anilines is 1. The number of hydrogen-bond acceptors (Lipinski definition) is 10. The molecule has 2 N–H and O–H groups in total. The fraction of sp³-hybridized carbons (Fsp3) is 0.552. The number of aliphatic imine (C=N–C) groups is 1. The summed E-state index contributed by atoms with van der Waals surface area (Å²) in [7, 11) is 0. The van der Waals surface area contributed by atoms with E-state index < -0.39 is 0 Å². The van der Waals surface area contributed by atoms with Crippen LogP contribution < -0.4 is 15.6 Å². The normalized spacial score (nSPS) is 22.2. The number of thioether (sulfide) groups is 2. The van der Waals surface area contributed by atoms with Gasteiger partial charge in [-0.3, -0.25) is 20.1 Å². The van der Waals surface area contributed by atoms with Crippen LogP contribution in [-0.2, 0) is 16.1 Å². The maximum Gasteiger partial charge on any atom is 0.223 e. The van der Waals surface area contributed by atoms with Crippen LogP contribution in [0.15, 0.2) is 57.6 Å². The molecule has 220 valence electrons. The molecule has 3 aliphatic heterocycles. The van der Waals surface area contributed by atoms with E-state index in [-0.39, 0.29) is 23.5 Å². The van der Waals surface area contributed by atoms with Crippen molar-refractivity contribution in [3.05, 3.63) is 48.2 Å². The van der Waals surface area contributed by atoms with E-state index in [1.54, 1.807) is 6.20 Å². The van der Waals surface area contributed by atoms with E-state index in [9.17, 15) is 4.79 Å². The van der Waals surface area contributed by atoms with Crippen LogP contribution in [0.4, 0.5) is 5.82 Å². The van der Waals surface area contributed by atoms with Crippen LogP contribution in [0.25, 0.3) is 0 Å². The summed E-state index contributed by atoms with van der Waals surface area (Å²) in [5.41, 5.74) is 4.45. The number of nitrogens with one attached hydrogen (secondary N) is 2. The first-order valence-corrected chi connectivity index (χ1v) is 16.1. The zero-order valence-corrected chi connectivity index (χ0v) is 25.5. The second-order valence-electron chi connectivity index (χ2n) is 11.3. The third-order valence-corrected chi connectivity index (χ3v) is 9.43. The first-order valence-electron chi connectivity index (χ1n) is 14.2.